The molecule has 0 spiro atoms. The van der Waals surface area contributed by atoms with Gasteiger partial charge in [-0.3, -0.25) is 10.1 Å². The van der Waals surface area contributed by atoms with E-state index in [1.54, 1.807) is 0 Å². The summed E-state index contributed by atoms with van der Waals surface area (Å²) in [5.74, 6) is -0.223. The van der Waals surface area contributed by atoms with Crippen LogP contribution in [-0.2, 0) is 25.3 Å². The van der Waals surface area contributed by atoms with E-state index in [4.69, 9.17) is 9.47 Å². The molecule has 0 amide bonds. The van der Waals surface area contributed by atoms with E-state index in [1.807, 2.05) is 18.2 Å². The minimum absolute atomic E-state index is 0.0526. The monoisotopic (exact) mass is 423 g/mol. The lowest BCUT2D eigenvalue weighted by Gasteiger charge is -2.32. The van der Waals surface area contributed by atoms with Gasteiger partial charge >= 0.3 is 5.97 Å². The maximum Gasteiger partial charge on any atom is 0.322 e. The summed E-state index contributed by atoms with van der Waals surface area (Å²) in [5, 5.41) is 3.48. The van der Waals surface area contributed by atoms with Gasteiger partial charge in [0.15, 0.2) is 0 Å². The SMILES string of the molecule is COC(=O)[C@H](CCC1(c2ccc(C(C)(C)C)cc2)CCCO1)NC(C)c1ccccc1. The third-order valence-corrected chi connectivity index (χ3v) is 6.45. The summed E-state index contributed by atoms with van der Waals surface area (Å²) in [7, 11) is 1.46. The summed E-state index contributed by atoms with van der Waals surface area (Å²) in [4.78, 5) is 12.6. The molecule has 3 atom stereocenters. The van der Waals surface area contributed by atoms with Crippen LogP contribution >= 0.6 is 0 Å². The van der Waals surface area contributed by atoms with Gasteiger partial charge in [-0.25, -0.2) is 0 Å². The Bertz CT molecular complexity index is 833. The van der Waals surface area contributed by atoms with E-state index < -0.39 is 0 Å². The average molecular weight is 424 g/mol. The van der Waals surface area contributed by atoms with Crippen molar-refractivity contribution in [2.45, 2.75) is 76.5 Å². The molecule has 2 unspecified atom stereocenters. The second-order valence-electron chi connectivity index (χ2n) is 9.69. The van der Waals surface area contributed by atoms with Crippen LogP contribution in [0.3, 0.4) is 0 Å². The van der Waals surface area contributed by atoms with Crippen molar-refractivity contribution >= 4 is 5.97 Å². The lowest BCUT2D eigenvalue weighted by Crippen LogP contribution is -2.41. The van der Waals surface area contributed by atoms with Crippen LogP contribution in [0.25, 0.3) is 0 Å². The summed E-state index contributed by atoms with van der Waals surface area (Å²) in [6.45, 7) is 9.52. The van der Waals surface area contributed by atoms with Gasteiger partial charge in [-0.15, -0.1) is 0 Å². The van der Waals surface area contributed by atoms with Crippen molar-refractivity contribution in [3.63, 3.8) is 0 Å². The molecule has 0 saturated carbocycles. The largest absolute Gasteiger partial charge is 0.468 e. The maximum absolute atomic E-state index is 12.6. The van der Waals surface area contributed by atoms with Crippen LogP contribution in [0.15, 0.2) is 54.6 Å². The van der Waals surface area contributed by atoms with Crippen LogP contribution in [0.5, 0.6) is 0 Å². The molecule has 4 nitrogen and oxygen atoms in total. The number of hydrogen-bond acceptors (Lipinski definition) is 4. The second-order valence-corrected chi connectivity index (χ2v) is 9.69. The molecule has 2 aromatic carbocycles. The molecule has 0 bridgehead atoms. The topological polar surface area (TPSA) is 47.6 Å². The zero-order valence-corrected chi connectivity index (χ0v) is 19.6. The fourth-order valence-electron chi connectivity index (χ4n) is 4.47. The van der Waals surface area contributed by atoms with Gasteiger partial charge < -0.3 is 9.47 Å². The molecule has 0 aliphatic carbocycles. The summed E-state index contributed by atoms with van der Waals surface area (Å²) < 4.78 is 11.4. The first kappa shape index (κ1) is 23.5. The standard InChI is InChI=1S/C27H37NO3/c1-20(21-10-7-6-8-11-21)28-24(25(29)30-5)16-18-27(17-9-19-31-27)23-14-12-22(13-15-23)26(2,3)4/h6-8,10-15,20,24,28H,9,16-19H2,1-5H3/t20?,24-,27?/m0/s1. The van der Waals surface area contributed by atoms with Gasteiger partial charge in [-0.2, -0.15) is 0 Å². The molecule has 4 heteroatoms. The van der Waals surface area contributed by atoms with E-state index in [0.717, 1.165) is 31.4 Å². The number of methoxy groups -OCH3 is 1. The first-order valence-corrected chi connectivity index (χ1v) is 11.4. The first-order valence-electron chi connectivity index (χ1n) is 11.4. The van der Waals surface area contributed by atoms with Crippen molar-refractivity contribution in [3.8, 4) is 0 Å². The van der Waals surface area contributed by atoms with Crippen LogP contribution in [-0.4, -0.2) is 25.7 Å². The third-order valence-electron chi connectivity index (χ3n) is 6.45. The molecule has 1 N–H and O–H groups in total. The molecule has 0 radical (unpaired) electrons. The van der Waals surface area contributed by atoms with Gasteiger partial charge in [-0.1, -0.05) is 75.4 Å². The van der Waals surface area contributed by atoms with Crippen LogP contribution in [0.4, 0.5) is 0 Å². The Morgan fingerprint density at radius 1 is 1.13 bits per heavy atom. The minimum atomic E-state index is -0.380. The van der Waals surface area contributed by atoms with E-state index in [9.17, 15) is 4.79 Å². The van der Waals surface area contributed by atoms with Crippen molar-refractivity contribution in [3.05, 3.63) is 71.3 Å². The number of hydrogen-bond donors (Lipinski definition) is 1. The lowest BCUT2D eigenvalue weighted by molar-refractivity contribution is -0.144. The van der Waals surface area contributed by atoms with Gasteiger partial charge in [0, 0.05) is 12.6 Å². The number of esters is 1. The van der Waals surface area contributed by atoms with Crippen LogP contribution in [0.2, 0.25) is 0 Å². The van der Waals surface area contributed by atoms with E-state index in [0.29, 0.717) is 6.42 Å². The van der Waals surface area contributed by atoms with Crippen molar-refractivity contribution < 1.29 is 14.3 Å². The first-order chi connectivity index (χ1) is 14.7. The maximum atomic E-state index is 12.6. The number of ether oxygens (including phenoxy) is 2. The highest BCUT2D eigenvalue weighted by molar-refractivity contribution is 5.75. The average Bonchev–Trinajstić information content (AvgIpc) is 3.26. The quantitative estimate of drug-likeness (QED) is 0.556. The van der Waals surface area contributed by atoms with Crippen LogP contribution < -0.4 is 5.32 Å². The number of benzene rings is 2. The number of carbonyl (C=O) groups is 1. The van der Waals surface area contributed by atoms with Crippen molar-refractivity contribution in [2.24, 2.45) is 0 Å². The third kappa shape index (κ3) is 5.75. The highest BCUT2D eigenvalue weighted by Crippen LogP contribution is 2.41. The van der Waals surface area contributed by atoms with Crippen molar-refractivity contribution in [2.75, 3.05) is 13.7 Å². The normalized spacial score (nSPS) is 20.9. The molecule has 1 heterocycles. The Morgan fingerprint density at radius 2 is 1.81 bits per heavy atom. The Balaban J connectivity index is 1.75. The fraction of sp³-hybridized carbons (Fsp3) is 0.519. The van der Waals surface area contributed by atoms with Crippen molar-refractivity contribution in [1.82, 2.24) is 5.32 Å². The Labute approximate surface area is 187 Å². The predicted octanol–water partition coefficient (Wildman–Crippen LogP) is 5.66. The van der Waals surface area contributed by atoms with E-state index >= 15 is 0 Å². The van der Waals surface area contributed by atoms with Crippen LogP contribution in [0, 0.1) is 0 Å². The molecule has 1 saturated heterocycles. The molecular formula is C27H37NO3. The minimum Gasteiger partial charge on any atom is -0.468 e. The Morgan fingerprint density at radius 3 is 2.35 bits per heavy atom. The molecule has 1 aliphatic heterocycles. The molecule has 1 fully saturated rings. The molecule has 2 aromatic rings. The van der Waals surface area contributed by atoms with Gasteiger partial charge in [0.05, 0.1) is 12.7 Å². The van der Waals surface area contributed by atoms with Gasteiger partial charge in [-0.05, 0) is 54.7 Å². The van der Waals surface area contributed by atoms with E-state index in [1.165, 1.54) is 18.2 Å². The highest BCUT2D eigenvalue weighted by atomic mass is 16.5. The lowest BCUT2D eigenvalue weighted by atomic mass is 9.82. The van der Waals surface area contributed by atoms with Gasteiger partial charge in [0.1, 0.15) is 6.04 Å². The summed E-state index contributed by atoms with van der Waals surface area (Å²) in [6.07, 6.45) is 3.45. The van der Waals surface area contributed by atoms with Gasteiger partial charge in [0.25, 0.3) is 0 Å². The van der Waals surface area contributed by atoms with Crippen LogP contribution in [0.1, 0.15) is 76.1 Å². The summed E-state index contributed by atoms with van der Waals surface area (Å²) in [6, 6.07) is 18.7. The predicted molar refractivity (Wildman–Crippen MR) is 125 cm³/mol. The molecule has 3 rings (SSSR count). The fourth-order valence-corrected chi connectivity index (χ4v) is 4.47. The zero-order valence-electron chi connectivity index (χ0n) is 19.6. The Kier molecular flexibility index (Phi) is 7.55. The number of carbonyl (C=O) groups excluding carboxylic acids is 1. The second kappa shape index (κ2) is 9.97. The molecule has 31 heavy (non-hydrogen) atoms. The summed E-state index contributed by atoms with van der Waals surface area (Å²) in [5.41, 5.74) is 3.46. The van der Waals surface area contributed by atoms with E-state index in [-0.39, 0.29) is 29.1 Å². The van der Waals surface area contributed by atoms with E-state index in [2.05, 4.69) is 69.4 Å². The molecule has 1 aliphatic rings. The summed E-state index contributed by atoms with van der Waals surface area (Å²) >= 11 is 0. The zero-order chi connectivity index (χ0) is 22.5. The number of rotatable bonds is 8. The smallest absolute Gasteiger partial charge is 0.322 e. The highest BCUT2D eigenvalue weighted by Gasteiger charge is 2.38. The number of nitrogens with one attached hydrogen (secondary N) is 1. The molecule has 0 aromatic heterocycles. The van der Waals surface area contributed by atoms with Gasteiger partial charge in [0.2, 0.25) is 0 Å². The molecule has 168 valence electrons. The van der Waals surface area contributed by atoms with Crippen molar-refractivity contribution in [1.29, 1.82) is 0 Å². The Hall–Kier alpha value is -2.17. The molecular weight excluding hydrogens is 386 g/mol.